The van der Waals surface area contributed by atoms with Crippen molar-refractivity contribution in [1.82, 2.24) is 0 Å². The number of hydrogen-bond acceptors (Lipinski definition) is 1. The molecule has 2 rings (SSSR count). The van der Waals surface area contributed by atoms with E-state index in [-0.39, 0.29) is 11.7 Å². The van der Waals surface area contributed by atoms with Crippen molar-refractivity contribution < 1.29 is 9.18 Å². The van der Waals surface area contributed by atoms with E-state index in [0.29, 0.717) is 12.1 Å². The minimum Gasteiger partial charge on any atom is -0.326 e. The molecule has 1 aromatic carbocycles. The first-order valence-corrected chi connectivity index (χ1v) is 4.34. The van der Waals surface area contributed by atoms with Crippen LogP contribution in [-0.2, 0) is 11.2 Å². The number of benzene rings is 1. The summed E-state index contributed by atoms with van der Waals surface area (Å²) in [6.45, 7) is 0. The molecule has 0 atom stereocenters. The number of carbonyl (C=O) groups excluding carboxylic acids is 1. The van der Waals surface area contributed by atoms with E-state index in [4.69, 9.17) is 0 Å². The number of halogens is 1. The first kappa shape index (κ1) is 8.23. The van der Waals surface area contributed by atoms with Gasteiger partial charge in [-0.2, -0.15) is 0 Å². The van der Waals surface area contributed by atoms with Gasteiger partial charge in [0.05, 0.1) is 0 Å². The quantitative estimate of drug-likeness (QED) is 0.649. The molecule has 0 bridgehead atoms. The molecule has 1 heterocycles. The molecule has 1 aliphatic rings. The molecule has 0 saturated heterocycles. The van der Waals surface area contributed by atoms with Gasteiger partial charge in [-0.25, -0.2) is 4.39 Å². The molecule has 0 radical (unpaired) electrons. The third-order valence-electron chi connectivity index (χ3n) is 2.20. The second-order valence-corrected chi connectivity index (χ2v) is 3.20. The third kappa shape index (κ3) is 1.69. The van der Waals surface area contributed by atoms with Gasteiger partial charge < -0.3 is 5.32 Å². The molecule has 0 saturated carbocycles. The van der Waals surface area contributed by atoms with E-state index in [9.17, 15) is 9.18 Å². The Balaban J connectivity index is 2.40. The number of nitrogens with one attached hydrogen (secondary N) is 1. The number of hydrogen-bond donors (Lipinski definition) is 1. The fraction of sp³-hybridized carbons (Fsp3) is 0.300. The van der Waals surface area contributed by atoms with Crippen LogP contribution in [0.4, 0.5) is 10.1 Å². The Bertz CT molecular complexity index is 349. The highest BCUT2D eigenvalue weighted by Gasteiger charge is 2.12. The zero-order chi connectivity index (χ0) is 9.26. The lowest BCUT2D eigenvalue weighted by atomic mass is 10.1. The molecule has 0 aromatic heterocycles. The van der Waals surface area contributed by atoms with Gasteiger partial charge in [0.25, 0.3) is 0 Å². The lowest BCUT2D eigenvalue weighted by Gasteiger charge is -2.05. The standard InChI is InChI=1S/C10H10FNO/c11-8-5-4-7-2-1-3-10(13)12-9(7)6-8/h4-6H,1-3H2,(H,12,13). The summed E-state index contributed by atoms with van der Waals surface area (Å²) in [5, 5.41) is 2.68. The van der Waals surface area contributed by atoms with Gasteiger partial charge in [-0.05, 0) is 30.5 Å². The molecule has 1 aromatic rings. The van der Waals surface area contributed by atoms with Crippen LogP contribution in [0.2, 0.25) is 0 Å². The summed E-state index contributed by atoms with van der Waals surface area (Å²) in [5.74, 6) is -0.328. The third-order valence-corrected chi connectivity index (χ3v) is 2.20. The minimum absolute atomic E-state index is 0.0237. The summed E-state index contributed by atoms with van der Waals surface area (Å²) in [4.78, 5) is 11.1. The van der Waals surface area contributed by atoms with Gasteiger partial charge in [0.2, 0.25) is 5.91 Å². The van der Waals surface area contributed by atoms with Crippen molar-refractivity contribution >= 4 is 11.6 Å². The molecule has 1 N–H and O–H groups in total. The second-order valence-electron chi connectivity index (χ2n) is 3.20. The van der Waals surface area contributed by atoms with E-state index in [1.807, 2.05) is 0 Å². The molecule has 0 spiro atoms. The highest BCUT2D eigenvalue weighted by Crippen LogP contribution is 2.22. The molecule has 1 aliphatic heterocycles. The highest BCUT2D eigenvalue weighted by molar-refractivity contribution is 5.92. The molecule has 3 heteroatoms. The van der Waals surface area contributed by atoms with Crippen LogP contribution in [0.15, 0.2) is 18.2 Å². The van der Waals surface area contributed by atoms with Gasteiger partial charge in [0.1, 0.15) is 5.82 Å². The maximum Gasteiger partial charge on any atom is 0.224 e. The Morgan fingerprint density at radius 1 is 1.31 bits per heavy atom. The molecule has 0 fully saturated rings. The van der Waals surface area contributed by atoms with Gasteiger partial charge >= 0.3 is 0 Å². The van der Waals surface area contributed by atoms with E-state index < -0.39 is 0 Å². The van der Waals surface area contributed by atoms with Crippen molar-refractivity contribution in [3.63, 3.8) is 0 Å². The topological polar surface area (TPSA) is 29.1 Å². The number of fused-ring (bicyclic) bond motifs is 1. The van der Waals surface area contributed by atoms with Crippen molar-refractivity contribution in [2.75, 3.05) is 5.32 Å². The van der Waals surface area contributed by atoms with E-state index in [1.54, 1.807) is 6.07 Å². The molecular weight excluding hydrogens is 169 g/mol. The van der Waals surface area contributed by atoms with Gasteiger partial charge in [-0.3, -0.25) is 4.79 Å². The lowest BCUT2D eigenvalue weighted by molar-refractivity contribution is -0.116. The Hall–Kier alpha value is -1.38. The summed E-state index contributed by atoms with van der Waals surface area (Å²) < 4.78 is 12.8. The van der Waals surface area contributed by atoms with Gasteiger partial charge in [0, 0.05) is 12.1 Å². The molecule has 68 valence electrons. The number of rotatable bonds is 0. The van der Waals surface area contributed by atoms with Crippen LogP contribution in [0.3, 0.4) is 0 Å². The minimum atomic E-state index is -0.305. The van der Waals surface area contributed by atoms with Crippen LogP contribution in [0.5, 0.6) is 0 Å². The van der Waals surface area contributed by atoms with Crippen LogP contribution in [0.1, 0.15) is 18.4 Å². The normalized spacial score (nSPS) is 15.9. The summed E-state index contributed by atoms with van der Waals surface area (Å²) in [5.41, 5.74) is 1.65. The van der Waals surface area contributed by atoms with Gasteiger partial charge in [-0.1, -0.05) is 6.07 Å². The van der Waals surface area contributed by atoms with Crippen molar-refractivity contribution in [2.45, 2.75) is 19.3 Å². The van der Waals surface area contributed by atoms with E-state index in [1.165, 1.54) is 12.1 Å². The number of aryl methyl sites for hydroxylation is 1. The van der Waals surface area contributed by atoms with E-state index >= 15 is 0 Å². The molecular formula is C10H10FNO. The van der Waals surface area contributed by atoms with Crippen molar-refractivity contribution in [3.8, 4) is 0 Å². The summed E-state index contributed by atoms with van der Waals surface area (Å²) in [7, 11) is 0. The monoisotopic (exact) mass is 179 g/mol. The number of anilines is 1. The number of carbonyl (C=O) groups is 1. The Labute approximate surface area is 75.8 Å². The van der Waals surface area contributed by atoms with Crippen molar-refractivity contribution in [1.29, 1.82) is 0 Å². The first-order valence-electron chi connectivity index (χ1n) is 4.34. The predicted octanol–water partition coefficient (Wildman–Crippen LogP) is 2.10. The molecule has 0 aliphatic carbocycles. The molecule has 1 amide bonds. The van der Waals surface area contributed by atoms with Crippen LogP contribution < -0.4 is 5.32 Å². The molecule has 2 nitrogen and oxygen atoms in total. The fourth-order valence-corrected chi connectivity index (χ4v) is 1.54. The zero-order valence-corrected chi connectivity index (χ0v) is 7.14. The predicted molar refractivity (Wildman–Crippen MR) is 48.0 cm³/mol. The largest absolute Gasteiger partial charge is 0.326 e. The summed E-state index contributed by atoms with van der Waals surface area (Å²) >= 11 is 0. The maximum atomic E-state index is 12.8. The van der Waals surface area contributed by atoms with E-state index in [0.717, 1.165) is 18.4 Å². The highest BCUT2D eigenvalue weighted by atomic mass is 19.1. The van der Waals surface area contributed by atoms with Crippen molar-refractivity contribution in [3.05, 3.63) is 29.6 Å². The SMILES string of the molecule is O=C1CCCc2ccc(F)cc2N1. The fourth-order valence-electron chi connectivity index (χ4n) is 1.54. The van der Waals surface area contributed by atoms with Crippen LogP contribution in [0.25, 0.3) is 0 Å². The lowest BCUT2D eigenvalue weighted by Crippen LogP contribution is -2.09. The van der Waals surface area contributed by atoms with Crippen LogP contribution in [0, 0.1) is 5.82 Å². The van der Waals surface area contributed by atoms with Crippen molar-refractivity contribution in [2.24, 2.45) is 0 Å². The smallest absolute Gasteiger partial charge is 0.224 e. The van der Waals surface area contributed by atoms with Crippen LogP contribution in [-0.4, -0.2) is 5.91 Å². The second kappa shape index (κ2) is 3.17. The average Bonchev–Trinajstić information content (AvgIpc) is 2.25. The summed E-state index contributed by atoms with van der Waals surface area (Å²) in [6, 6.07) is 4.53. The van der Waals surface area contributed by atoms with E-state index in [2.05, 4.69) is 5.32 Å². The Morgan fingerprint density at radius 3 is 3.00 bits per heavy atom. The molecule has 0 unspecified atom stereocenters. The molecule has 13 heavy (non-hydrogen) atoms. The van der Waals surface area contributed by atoms with Crippen LogP contribution >= 0.6 is 0 Å². The maximum absolute atomic E-state index is 12.8. The number of amides is 1. The first-order chi connectivity index (χ1) is 6.25. The zero-order valence-electron chi connectivity index (χ0n) is 7.14. The summed E-state index contributed by atoms with van der Waals surface area (Å²) in [6.07, 6.45) is 2.20. The van der Waals surface area contributed by atoms with Gasteiger partial charge in [-0.15, -0.1) is 0 Å². The Morgan fingerprint density at radius 2 is 2.15 bits per heavy atom. The average molecular weight is 179 g/mol. The Kier molecular flexibility index (Phi) is 2.00. The van der Waals surface area contributed by atoms with Gasteiger partial charge in [0.15, 0.2) is 0 Å².